The molecule has 0 aliphatic rings. The molecule has 0 radical (unpaired) electrons. The SMILES string of the molecule is O=C(C=Cc1cccc(C(F)(F)F)c1)NNC(=O)OCCc1ccc(Br)cc1. The maximum atomic E-state index is 12.6. The topological polar surface area (TPSA) is 67.4 Å². The van der Waals surface area contributed by atoms with Crippen molar-refractivity contribution >= 4 is 34.0 Å². The predicted octanol–water partition coefficient (Wildman–Crippen LogP) is 4.48. The van der Waals surface area contributed by atoms with E-state index in [4.69, 9.17) is 4.74 Å². The van der Waals surface area contributed by atoms with Crippen LogP contribution in [0.25, 0.3) is 6.08 Å². The van der Waals surface area contributed by atoms with Crippen molar-refractivity contribution in [3.05, 3.63) is 75.8 Å². The van der Waals surface area contributed by atoms with Crippen molar-refractivity contribution in [2.24, 2.45) is 0 Å². The molecule has 0 saturated heterocycles. The molecule has 0 spiro atoms. The molecule has 0 fully saturated rings. The first-order chi connectivity index (χ1) is 13.2. The first-order valence-electron chi connectivity index (χ1n) is 8.06. The van der Waals surface area contributed by atoms with Crippen LogP contribution in [-0.4, -0.2) is 18.6 Å². The third kappa shape index (κ3) is 7.43. The molecule has 5 nitrogen and oxygen atoms in total. The van der Waals surface area contributed by atoms with E-state index in [-0.39, 0.29) is 12.2 Å². The van der Waals surface area contributed by atoms with Crippen LogP contribution in [0.3, 0.4) is 0 Å². The summed E-state index contributed by atoms with van der Waals surface area (Å²) in [4.78, 5) is 23.2. The molecule has 0 atom stereocenters. The van der Waals surface area contributed by atoms with E-state index in [0.29, 0.717) is 6.42 Å². The largest absolute Gasteiger partial charge is 0.448 e. The highest BCUT2D eigenvalue weighted by Gasteiger charge is 2.30. The van der Waals surface area contributed by atoms with Gasteiger partial charge in [-0.1, -0.05) is 40.2 Å². The summed E-state index contributed by atoms with van der Waals surface area (Å²) >= 11 is 3.32. The molecule has 0 heterocycles. The van der Waals surface area contributed by atoms with Gasteiger partial charge >= 0.3 is 12.3 Å². The van der Waals surface area contributed by atoms with E-state index in [1.807, 2.05) is 24.3 Å². The van der Waals surface area contributed by atoms with Gasteiger partial charge in [-0.2, -0.15) is 13.2 Å². The van der Waals surface area contributed by atoms with Gasteiger partial charge in [0.05, 0.1) is 12.2 Å². The van der Waals surface area contributed by atoms with Crippen molar-refractivity contribution in [3.63, 3.8) is 0 Å². The van der Waals surface area contributed by atoms with E-state index in [9.17, 15) is 22.8 Å². The number of ether oxygens (including phenoxy) is 1. The first kappa shape index (κ1) is 21.5. The van der Waals surface area contributed by atoms with E-state index in [0.717, 1.165) is 28.2 Å². The number of carbonyl (C=O) groups excluding carboxylic acids is 2. The summed E-state index contributed by atoms with van der Waals surface area (Å²) in [6.45, 7) is 0.114. The van der Waals surface area contributed by atoms with Crippen LogP contribution in [0.2, 0.25) is 0 Å². The van der Waals surface area contributed by atoms with Gasteiger partial charge < -0.3 is 4.74 Å². The number of amides is 2. The van der Waals surface area contributed by atoms with E-state index >= 15 is 0 Å². The average molecular weight is 457 g/mol. The Kier molecular flexibility index (Phi) is 7.62. The highest BCUT2D eigenvalue weighted by Crippen LogP contribution is 2.29. The third-order valence-corrected chi connectivity index (χ3v) is 3.99. The lowest BCUT2D eigenvalue weighted by molar-refractivity contribution is -0.137. The molecule has 9 heteroatoms. The number of rotatable bonds is 5. The third-order valence-electron chi connectivity index (χ3n) is 3.47. The van der Waals surface area contributed by atoms with E-state index in [1.54, 1.807) is 0 Å². The van der Waals surface area contributed by atoms with Gasteiger partial charge in [0.25, 0.3) is 5.91 Å². The summed E-state index contributed by atoms with van der Waals surface area (Å²) in [6, 6.07) is 12.0. The molecule has 2 aromatic rings. The number of alkyl halides is 3. The summed E-state index contributed by atoms with van der Waals surface area (Å²) in [5, 5.41) is 0. The lowest BCUT2D eigenvalue weighted by Crippen LogP contribution is -2.41. The summed E-state index contributed by atoms with van der Waals surface area (Å²) in [6.07, 6.45) is -2.61. The fourth-order valence-corrected chi connectivity index (χ4v) is 2.36. The lowest BCUT2D eigenvalue weighted by atomic mass is 10.1. The Morgan fingerprint density at radius 1 is 1.07 bits per heavy atom. The number of hydrazine groups is 1. The average Bonchev–Trinajstić information content (AvgIpc) is 2.66. The van der Waals surface area contributed by atoms with Crippen molar-refractivity contribution in [1.82, 2.24) is 10.9 Å². The second-order valence-corrected chi connectivity index (χ2v) is 6.50. The van der Waals surface area contributed by atoms with Crippen molar-refractivity contribution in [2.45, 2.75) is 12.6 Å². The molecule has 0 aliphatic heterocycles. The van der Waals surface area contributed by atoms with Crippen molar-refractivity contribution in [3.8, 4) is 0 Å². The van der Waals surface area contributed by atoms with Crippen LogP contribution < -0.4 is 10.9 Å². The second-order valence-electron chi connectivity index (χ2n) is 5.58. The van der Waals surface area contributed by atoms with E-state index in [1.165, 1.54) is 18.2 Å². The molecule has 2 amide bonds. The van der Waals surface area contributed by atoms with Gasteiger partial charge in [-0.05, 0) is 41.5 Å². The molecule has 0 aliphatic carbocycles. The lowest BCUT2D eigenvalue weighted by Gasteiger charge is -2.08. The molecule has 0 aromatic heterocycles. The molecule has 0 saturated carbocycles. The number of benzene rings is 2. The van der Waals surface area contributed by atoms with Crippen LogP contribution in [0.15, 0.2) is 59.1 Å². The fraction of sp³-hybridized carbons (Fsp3) is 0.158. The molecule has 2 rings (SSSR count). The van der Waals surface area contributed by atoms with Crippen LogP contribution in [-0.2, 0) is 22.1 Å². The smallest absolute Gasteiger partial charge is 0.426 e. The van der Waals surface area contributed by atoms with E-state index < -0.39 is 23.7 Å². The van der Waals surface area contributed by atoms with Crippen LogP contribution in [0, 0.1) is 0 Å². The molecular formula is C19H16BrF3N2O3. The molecule has 28 heavy (non-hydrogen) atoms. The van der Waals surface area contributed by atoms with Gasteiger partial charge in [0, 0.05) is 17.0 Å². The molecular weight excluding hydrogens is 441 g/mol. The Balaban J connectivity index is 1.73. The summed E-state index contributed by atoms with van der Waals surface area (Å²) in [7, 11) is 0. The van der Waals surface area contributed by atoms with Gasteiger partial charge in [0.2, 0.25) is 0 Å². The van der Waals surface area contributed by atoms with Crippen molar-refractivity contribution in [2.75, 3.05) is 6.61 Å². The Morgan fingerprint density at radius 2 is 1.79 bits per heavy atom. The molecule has 2 N–H and O–H groups in total. The standard InChI is InChI=1S/C19H16BrF3N2O3/c20-16-7-4-13(5-8-16)10-11-28-18(27)25-24-17(26)9-6-14-2-1-3-15(12-14)19(21,22)23/h1-9,12H,10-11H2,(H,24,26)(H,25,27). The van der Waals surface area contributed by atoms with Gasteiger partial charge in [0.15, 0.2) is 0 Å². The highest BCUT2D eigenvalue weighted by atomic mass is 79.9. The van der Waals surface area contributed by atoms with Crippen LogP contribution >= 0.6 is 15.9 Å². The fourth-order valence-electron chi connectivity index (χ4n) is 2.09. The Morgan fingerprint density at radius 3 is 2.46 bits per heavy atom. The molecule has 0 bridgehead atoms. The maximum absolute atomic E-state index is 12.6. The minimum atomic E-state index is -4.46. The normalized spacial score (nSPS) is 11.3. The zero-order valence-electron chi connectivity index (χ0n) is 14.4. The van der Waals surface area contributed by atoms with Gasteiger partial charge in [-0.25, -0.2) is 10.2 Å². The first-order valence-corrected chi connectivity index (χ1v) is 8.86. The van der Waals surface area contributed by atoms with Crippen LogP contribution in [0.4, 0.5) is 18.0 Å². The number of hydrogen-bond acceptors (Lipinski definition) is 3. The second kappa shape index (κ2) is 9.93. The molecule has 148 valence electrons. The maximum Gasteiger partial charge on any atom is 0.426 e. The Labute approximate surface area is 167 Å². The monoisotopic (exact) mass is 456 g/mol. The molecule has 0 unspecified atom stereocenters. The van der Waals surface area contributed by atoms with Gasteiger partial charge in [-0.3, -0.25) is 10.2 Å². The minimum absolute atomic E-state index is 0.114. The zero-order chi connectivity index (χ0) is 20.6. The quantitative estimate of drug-likeness (QED) is 0.514. The van der Waals surface area contributed by atoms with E-state index in [2.05, 4.69) is 26.8 Å². The zero-order valence-corrected chi connectivity index (χ0v) is 16.0. The van der Waals surface area contributed by atoms with Crippen LogP contribution in [0.1, 0.15) is 16.7 Å². The van der Waals surface area contributed by atoms with Crippen molar-refractivity contribution in [1.29, 1.82) is 0 Å². The van der Waals surface area contributed by atoms with Gasteiger partial charge in [-0.15, -0.1) is 0 Å². The van der Waals surface area contributed by atoms with Crippen molar-refractivity contribution < 1.29 is 27.5 Å². The minimum Gasteiger partial charge on any atom is -0.448 e. The number of nitrogens with one attached hydrogen (secondary N) is 2. The summed E-state index contributed by atoms with van der Waals surface area (Å²) < 4.78 is 43.8. The Bertz CT molecular complexity index is 852. The Hall–Kier alpha value is -2.81. The summed E-state index contributed by atoms with van der Waals surface area (Å²) in [5.74, 6) is -0.720. The summed E-state index contributed by atoms with van der Waals surface area (Å²) in [5.41, 5.74) is 4.48. The highest BCUT2D eigenvalue weighted by molar-refractivity contribution is 9.10. The number of hydrogen-bond donors (Lipinski definition) is 2. The van der Waals surface area contributed by atoms with Gasteiger partial charge in [0.1, 0.15) is 0 Å². The number of carbonyl (C=O) groups is 2. The van der Waals surface area contributed by atoms with Crippen LogP contribution in [0.5, 0.6) is 0 Å². The predicted molar refractivity (Wildman–Crippen MR) is 101 cm³/mol. The molecule has 2 aromatic carbocycles. The number of halogens is 4.